The van der Waals surface area contributed by atoms with Gasteiger partial charge in [0.25, 0.3) is 0 Å². The lowest BCUT2D eigenvalue weighted by molar-refractivity contribution is 0.766. The maximum absolute atomic E-state index is 2.46. The van der Waals surface area contributed by atoms with Crippen molar-refractivity contribution in [1.82, 2.24) is 0 Å². The van der Waals surface area contributed by atoms with E-state index in [0.29, 0.717) is 0 Å². The zero-order chi connectivity index (χ0) is 13.8. The summed E-state index contributed by atoms with van der Waals surface area (Å²) in [6.07, 6.45) is 6.09. The van der Waals surface area contributed by atoms with Crippen molar-refractivity contribution in [3.63, 3.8) is 0 Å². The molecule has 0 N–H and O–H groups in total. The van der Waals surface area contributed by atoms with Crippen molar-refractivity contribution in [2.45, 2.75) is 26.2 Å². The molecule has 0 amide bonds. The summed E-state index contributed by atoms with van der Waals surface area (Å²) >= 11 is 0. The van der Waals surface area contributed by atoms with Crippen LogP contribution in [-0.4, -0.2) is 6.54 Å². The molecule has 0 radical (unpaired) electrons. The molecule has 0 saturated carbocycles. The Morgan fingerprint density at radius 3 is 2.35 bits per heavy atom. The minimum absolute atomic E-state index is 1.10. The lowest BCUT2D eigenvalue weighted by atomic mass is 10.1. The molecule has 2 aromatic carbocycles. The number of nitrogens with zero attached hydrogens (tertiary/aromatic N) is 1. The summed E-state index contributed by atoms with van der Waals surface area (Å²) in [5.41, 5.74) is 5.28. The Kier molecular flexibility index (Phi) is 3.87. The highest BCUT2D eigenvalue weighted by Crippen LogP contribution is 2.29. The lowest BCUT2D eigenvalue weighted by Gasteiger charge is -2.27. The van der Waals surface area contributed by atoms with Gasteiger partial charge in [-0.15, -0.1) is 0 Å². The number of benzene rings is 2. The van der Waals surface area contributed by atoms with Crippen LogP contribution in [-0.2, 0) is 0 Å². The molecule has 102 valence electrons. The van der Waals surface area contributed by atoms with Crippen LogP contribution in [0.5, 0.6) is 0 Å². The standard InChI is InChI=1S/C19H21N/c1-16-11-13-18(14-12-16)20-15-7-3-6-10-19(20)17-8-4-2-5-9-17/h2,4-5,8-14H,3,6-7,15H2,1H3. The van der Waals surface area contributed by atoms with Crippen LogP contribution in [0.3, 0.4) is 0 Å². The van der Waals surface area contributed by atoms with Crippen molar-refractivity contribution in [3.8, 4) is 0 Å². The molecule has 0 aromatic heterocycles. The Labute approximate surface area is 121 Å². The van der Waals surface area contributed by atoms with Crippen LogP contribution in [0.25, 0.3) is 5.70 Å². The molecule has 0 unspecified atom stereocenters. The summed E-state index contributed by atoms with van der Waals surface area (Å²) < 4.78 is 0. The van der Waals surface area contributed by atoms with Gasteiger partial charge in [-0.1, -0.05) is 54.1 Å². The number of aryl methyl sites for hydroxylation is 1. The van der Waals surface area contributed by atoms with Gasteiger partial charge in [0, 0.05) is 17.9 Å². The van der Waals surface area contributed by atoms with Crippen LogP contribution >= 0.6 is 0 Å². The zero-order valence-corrected chi connectivity index (χ0v) is 12.0. The van der Waals surface area contributed by atoms with Crippen LogP contribution < -0.4 is 4.90 Å². The van der Waals surface area contributed by atoms with Crippen molar-refractivity contribution in [2.75, 3.05) is 11.4 Å². The Morgan fingerprint density at radius 1 is 0.850 bits per heavy atom. The predicted octanol–water partition coefficient (Wildman–Crippen LogP) is 5.03. The first-order valence-corrected chi connectivity index (χ1v) is 7.44. The van der Waals surface area contributed by atoms with E-state index in [0.717, 1.165) is 6.54 Å². The van der Waals surface area contributed by atoms with Crippen LogP contribution in [0.4, 0.5) is 5.69 Å². The summed E-state index contributed by atoms with van der Waals surface area (Å²) in [6, 6.07) is 19.6. The van der Waals surface area contributed by atoms with Crippen LogP contribution in [0.2, 0.25) is 0 Å². The first-order chi connectivity index (χ1) is 9.84. The summed E-state index contributed by atoms with van der Waals surface area (Å²) in [5.74, 6) is 0. The van der Waals surface area contributed by atoms with Gasteiger partial charge in [-0.2, -0.15) is 0 Å². The Bertz CT molecular complexity index is 581. The summed E-state index contributed by atoms with van der Waals surface area (Å²) in [4.78, 5) is 2.46. The van der Waals surface area contributed by atoms with Gasteiger partial charge in [-0.3, -0.25) is 0 Å². The molecule has 0 atom stereocenters. The molecule has 20 heavy (non-hydrogen) atoms. The Hall–Kier alpha value is -2.02. The number of allylic oxidation sites excluding steroid dienone is 1. The van der Waals surface area contributed by atoms with Gasteiger partial charge in [0.2, 0.25) is 0 Å². The summed E-state index contributed by atoms with van der Waals surface area (Å²) in [7, 11) is 0. The van der Waals surface area contributed by atoms with E-state index in [9.17, 15) is 0 Å². The van der Waals surface area contributed by atoms with E-state index in [-0.39, 0.29) is 0 Å². The smallest absolute Gasteiger partial charge is 0.0443 e. The molecule has 2 aromatic rings. The van der Waals surface area contributed by atoms with Crippen LogP contribution in [0, 0.1) is 6.92 Å². The van der Waals surface area contributed by atoms with E-state index in [1.54, 1.807) is 0 Å². The van der Waals surface area contributed by atoms with Crippen LogP contribution in [0.15, 0.2) is 60.7 Å². The van der Waals surface area contributed by atoms with Gasteiger partial charge >= 0.3 is 0 Å². The molecule has 1 heteroatoms. The quantitative estimate of drug-likeness (QED) is 0.734. The Morgan fingerprint density at radius 2 is 1.60 bits per heavy atom. The lowest BCUT2D eigenvalue weighted by Crippen LogP contribution is -2.21. The summed E-state index contributed by atoms with van der Waals surface area (Å²) in [5, 5.41) is 0. The molecule has 0 saturated heterocycles. The normalized spacial score (nSPS) is 15.7. The fourth-order valence-corrected chi connectivity index (χ4v) is 2.76. The maximum Gasteiger partial charge on any atom is 0.0443 e. The van der Waals surface area contributed by atoms with E-state index < -0.39 is 0 Å². The minimum Gasteiger partial charge on any atom is -0.341 e. The fourth-order valence-electron chi connectivity index (χ4n) is 2.76. The highest BCUT2D eigenvalue weighted by atomic mass is 15.1. The third kappa shape index (κ3) is 2.77. The van der Waals surface area contributed by atoms with E-state index in [1.165, 1.54) is 41.8 Å². The highest BCUT2D eigenvalue weighted by Gasteiger charge is 2.15. The molecule has 1 aliphatic heterocycles. The second-order valence-corrected chi connectivity index (χ2v) is 5.44. The first-order valence-electron chi connectivity index (χ1n) is 7.44. The predicted molar refractivity (Wildman–Crippen MR) is 86.8 cm³/mol. The fraction of sp³-hybridized carbons (Fsp3) is 0.263. The van der Waals surface area contributed by atoms with Gasteiger partial charge < -0.3 is 4.90 Å². The average molecular weight is 263 g/mol. The molecule has 0 spiro atoms. The van der Waals surface area contributed by atoms with E-state index >= 15 is 0 Å². The average Bonchev–Trinajstić information content (AvgIpc) is 2.75. The third-order valence-electron chi connectivity index (χ3n) is 3.88. The Balaban J connectivity index is 1.99. The highest BCUT2D eigenvalue weighted by molar-refractivity contribution is 5.79. The maximum atomic E-state index is 2.46. The van der Waals surface area contributed by atoms with E-state index in [2.05, 4.69) is 72.5 Å². The summed E-state index contributed by atoms with van der Waals surface area (Å²) in [6.45, 7) is 3.24. The number of hydrogen-bond acceptors (Lipinski definition) is 1. The molecule has 3 rings (SSSR count). The van der Waals surface area contributed by atoms with Crippen molar-refractivity contribution in [1.29, 1.82) is 0 Å². The molecule has 0 aliphatic carbocycles. The van der Waals surface area contributed by atoms with Crippen LogP contribution in [0.1, 0.15) is 30.4 Å². The van der Waals surface area contributed by atoms with E-state index in [4.69, 9.17) is 0 Å². The second kappa shape index (κ2) is 5.96. The SMILES string of the molecule is Cc1ccc(N2CCCCC=C2c2ccccc2)cc1. The minimum atomic E-state index is 1.10. The van der Waals surface area contributed by atoms with Crippen molar-refractivity contribution in [2.24, 2.45) is 0 Å². The first kappa shape index (κ1) is 13.0. The number of rotatable bonds is 2. The van der Waals surface area contributed by atoms with Crippen molar-refractivity contribution < 1.29 is 0 Å². The monoisotopic (exact) mass is 263 g/mol. The van der Waals surface area contributed by atoms with Gasteiger partial charge in [0.15, 0.2) is 0 Å². The largest absolute Gasteiger partial charge is 0.341 e. The van der Waals surface area contributed by atoms with Crippen molar-refractivity contribution in [3.05, 3.63) is 71.8 Å². The van der Waals surface area contributed by atoms with Gasteiger partial charge in [0.1, 0.15) is 0 Å². The van der Waals surface area contributed by atoms with Gasteiger partial charge in [-0.25, -0.2) is 0 Å². The van der Waals surface area contributed by atoms with Gasteiger partial charge in [-0.05, 0) is 43.9 Å². The van der Waals surface area contributed by atoms with Gasteiger partial charge in [0.05, 0.1) is 0 Å². The molecular formula is C19H21N. The zero-order valence-electron chi connectivity index (χ0n) is 12.0. The molecule has 1 heterocycles. The van der Waals surface area contributed by atoms with E-state index in [1.807, 2.05) is 0 Å². The number of anilines is 1. The number of hydrogen-bond donors (Lipinski definition) is 0. The third-order valence-corrected chi connectivity index (χ3v) is 3.88. The molecule has 1 aliphatic rings. The molecule has 0 fully saturated rings. The topological polar surface area (TPSA) is 3.24 Å². The molecule has 0 bridgehead atoms. The molecule has 1 nitrogen and oxygen atoms in total. The molecular weight excluding hydrogens is 242 g/mol. The second-order valence-electron chi connectivity index (χ2n) is 5.44. The van der Waals surface area contributed by atoms with Crippen molar-refractivity contribution >= 4 is 11.4 Å².